The quantitative estimate of drug-likeness (QED) is 0.122. The Hall–Kier alpha value is -2.84. The third-order valence-corrected chi connectivity index (χ3v) is 24.8. The Morgan fingerprint density at radius 1 is 0.505 bits per heavy atom. The van der Waals surface area contributed by atoms with Crippen LogP contribution in [0.25, 0.3) is 0 Å². The van der Waals surface area contributed by atoms with Crippen LogP contribution in [0.3, 0.4) is 0 Å². The zero-order chi connectivity index (χ0) is 66.0. The molecular weight excluding hydrogens is 1330 g/mol. The minimum atomic E-state index is -3.64. The number of rotatable bonds is 15. The van der Waals surface area contributed by atoms with Crippen molar-refractivity contribution in [2.24, 2.45) is 0 Å². The maximum atomic E-state index is 12.4. The molecule has 0 amide bonds. The number of aliphatic hydroxyl groups is 1. The first-order valence-electron chi connectivity index (χ1n) is 30.5. The summed E-state index contributed by atoms with van der Waals surface area (Å²) in [6.45, 7) is 25.7. The molecule has 1 aromatic rings. The normalized spacial score (nSPS) is 18.5. The fourth-order valence-electron chi connectivity index (χ4n) is 8.94. The number of esters is 2. The number of thioether (sulfide) groups is 2. The van der Waals surface area contributed by atoms with Gasteiger partial charge in [0.1, 0.15) is 10.5 Å². The van der Waals surface area contributed by atoms with Crippen molar-refractivity contribution in [3.63, 3.8) is 0 Å². The highest BCUT2D eigenvalue weighted by Gasteiger charge is 2.48. The second-order valence-electron chi connectivity index (χ2n) is 23.0. The standard InChI is InChI=1S/C12H16O4S.C11H20O5S.C11H20O3S.C9H16O5S.C7H12O2S.C5H10O2.C5H8O2.7CH4/c1-10-2-4-12(5-3-10)17(13,14)16-11-6-8-15-9-7-11;1-4-16-10(12)11(2,3)17(13,14)9-5-7-15-8-6-9;1-4-14-10(12)11(2,3)15-9-5-7-13-8-6-9;1-9(2,8(10)11)15(12,13)7-3-5-14-6-4-7;1-6(8)10-7-2-4-9-5-3-7;2*6-5-1-3-7-4-2-5;;;;;;;/h2-5,11H,6-9H2,1H3;9H,4-8H2,1-3H3;9H,4-8H2,1-3H3;7H,3-6H2,1-2H3,(H,10,11);7H,2-5H2,1H3;5-6H,1-4H2;1-4H2;7*1H4. The molecule has 0 spiro atoms. The molecule has 23 nitrogen and oxygen atoms in total. The summed E-state index contributed by atoms with van der Waals surface area (Å²) < 4.78 is 120. The van der Waals surface area contributed by atoms with Gasteiger partial charge in [0.05, 0.1) is 54.0 Å². The summed E-state index contributed by atoms with van der Waals surface area (Å²) in [4.78, 5) is 55.5. The van der Waals surface area contributed by atoms with Crippen LogP contribution in [0.15, 0.2) is 29.2 Å². The Morgan fingerprint density at radius 2 is 0.842 bits per heavy atom. The highest BCUT2D eigenvalue weighted by atomic mass is 32.2. The predicted molar refractivity (Wildman–Crippen MR) is 384 cm³/mol. The smallest absolute Gasteiger partial charge is 0.326 e. The lowest BCUT2D eigenvalue weighted by Crippen LogP contribution is -2.48. The third kappa shape index (κ3) is 38.5. The van der Waals surface area contributed by atoms with Gasteiger partial charge in [0.15, 0.2) is 34.3 Å². The van der Waals surface area contributed by atoms with E-state index in [1.165, 1.54) is 39.5 Å². The largest absolute Gasteiger partial charge is 0.480 e. The Balaban J connectivity index is -0.000000245. The maximum absolute atomic E-state index is 12.4. The molecule has 0 aliphatic carbocycles. The lowest BCUT2D eigenvalue weighted by Gasteiger charge is -2.30. The number of hydrogen-bond donors (Lipinski definition) is 2. The highest BCUT2D eigenvalue weighted by molar-refractivity contribution is 8.14. The van der Waals surface area contributed by atoms with Gasteiger partial charge in [-0.1, -0.05) is 81.4 Å². The molecule has 2 N–H and O–H groups in total. The first kappa shape index (κ1) is 103. The van der Waals surface area contributed by atoms with Crippen LogP contribution < -0.4 is 0 Å². The van der Waals surface area contributed by atoms with E-state index in [2.05, 4.69) is 0 Å². The summed E-state index contributed by atoms with van der Waals surface area (Å²) in [7, 11) is -10.8. The molecule has 95 heavy (non-hydrogen) atoms. The van der Waals surface area contributed by atoms with E-state index in [-0.39, 0.29) is 86.8 Å². The zero-order valence-corrected chi connectivity index (χ0v) is 57.6. The molecule has 0 bridgehead atoms. The van der Waals surface area contributed by atoms with Crippen molar-refractivity contribution in [3.8, 4) is 0 Å². The SMILES string of the molecule is C.C.C.C.C.C.C.CC(=O)SC1CCOCC1.CC(C)(C(=O)O)S(=O)(=O)C1CCOCC1.CCOC(=O)C(C)(C)S(=O)(=O)C1CCOCC1.CCOC(=O)C(C)(C)SC1CCOCC1.Cc1ccc(S(=O)(=O)OC2CCOCC2)cc1.O=C1CCOCC1.OC1CCOCC1. The topological polar surface area (TPSA) is 321 Å². The first-order chi connectivity index (χ1) is 41.3. The van der Waals surface area contributed by atoms with Gasteiger partial charge in [-0.05, 0) is 151 Å². The second-order valence-corrected chi connectivity index (χ2v) is 33.5. The van der Waals surface area contributed by atoms with Crippen LogP contribution >= 0.6 is 23.5 Å². The van der Waals surface area contributed by atoms with E-state index in [9.17, 15) is 49.2 Å². The lowest BCUT2D eigenvalue weighted by atomic mass is 10.2. The summed E-state index contributed by atoms with van der Waals surface area (Å²) in [6.07, 6.45) is 9.61. The van der Waals surface area contributed by atoms with E-state index in [0.717, 1.165) is 83.7 Å². The molecular formula is C67H130O23S5. The Bertz CT molecular complexity index is 2520. The number of ether oxygens (including phenoxy) is 9. The van der Waals surface area contributed by atoms with Gasteiger partial charge in [-0.3, -0.25) is 28.2 Å². The summed E-state index contributed by atoms with van der Waals surface area (Å²) >= 11 is 3.17. The van der Waals surface area contributed by atoms with E-state index in [0.29, 0.717) is 127 Å². The fourth-order valence-corrected chi connectivity index (χ4v) is 16.2. The molecule has 7 heterocycles. The number of carboxylic acid groups (broad SMARTS) is 1. The Kier molecular flexibility index (Phi) is 57.6. The summed E-state index contributed by atoms with van der Waals surface area (Å²) in [5.41, 5.74) is 1.02. The molecule has 7 aliphatic rings. The monoisotopic (exact) mass is 1460 g/mol. The van der Waals surface area contributed by atoms with Gasteiger partial charge in [0, 0.05) is 110 Å². The van der Waals surface area contributed by atoms with Crippen LogP contribution in [0, 0.1) is 6.92 Å². The van der Waals surface area contributed by atoms with Crippen molar-refractivity contribution in [2.75, 3.05) is 106 Å². The molecule has 0 radical (unpaired) electrons. The molecule has 1 aromatic carbocycles. The molecule has 566 valence electrons. The second kappa shape index (κ2) is 53.1. The van der Waals surface area contributed by atoms with Crippen molar-refractivity contribution in [1.29, 1.82) is 0 Å². The number of carbonyl (C=O) groups excluding carboxylic acids is 4. The van der Waals surface area contributed by atoms with E-state index in [1.54, 1.807) is 49.9 Å². The number of aryl methyl sites for hydroxylation is 1. The maximum Gasteiger partial charge on any atom is 0.326 e. The van der Waals surface area contributed by atoms with E-state index >= 15 is 0 Å². The molecule has 7 aliphatic heterocycles. The fraction of sp³-hybridized carbons (Fsp3) is 0.836. The minimum absolute atomic E-state index is 0. The van der Waals surface area contributed by atoms with Gasteiger partial charge >= 0.3 is 17.9 Å². The van der Waals surface area contributed by atoms with Crippen molar-refractivity contribution in [3.05, 3.63) is 29.8 Å². The Morgan fingerprint density at radius 3 is 1.18 bits per heavy atom. The highest BCUT2D eigenvalue weighted by Crippen LogP contribution is 2.35. The van der Waals surface area contributed by atoms with Crippen LogP contribution in [0.4, 0.5) is 0 Å². The molecule has 7 fully saturated rings. The van der Waals surface area contributed by atoms with E-state index < -0.39 is 66.5 Å². The van der Waals surface area contributed by atoms with Crippen molar-refractivity contribution in [2.45, 2.75) is 263 Å². The first-order valence-corrected chi connectivity index (χ1v) is 36.7. The average Bonchev–Trinajstić information content (AvgIpc) is 0.791. The number of sulfone groups is 2. The number of carboxylic acids is 1. The van der Waals surface area contributed by atoms with E-state index in [4.69, 9.17) is 57.0 Å². The zero-order valence-electron chi connectivity index (χ0n) is 53.5. The van der Waals surface area contributed by atoms with Gasteiger partial charge in [0.2, 0.25) is 0 Å². The summed E-state index contributed by atoms with van der Waals surface area (Å²) in [5, 5.41) is 17.9. The van der Waals surface area contributed by atoms with Crippen LogP contribution in [0.2, 0.25) is 0 Å². The Labute approximate surface area is 584 Å². The lowest BCUT2D eigenvalue weighted by molar-refractivity contribution is -0.146. The molecule has 0 unspecified atom stereocenters. The number of benzene rings is 1. The van der Waals surface area contributed by atoms with Crippen molar-refractivity contribution in [1.82, 2.24) is 0 Å². The van der Waals surface area contributed by atoms with E-state index in [1.807, 2.05) is 27.7 Å². The number of aliphatic carboxylic acids is 1. The van der Waals surface area contributed by atoms with Gasteiger partial charge in [-0.2, -0.15) is 8.42 Å². The molecule has 28 heteroatoms. The van der Waals surface area contributed by atoms with Crippen LogP contribution in [-0.2, 0) is 101 Å². The molecule has 0 saturated carbocycles. The van der Waals surface area contributed by atoms with Crippen LogP contribution in [0.1, 0.15) is 210 Å². The minimum Gasteiger partial charge on any atom is -0.480 e. The van der Waals surface area contributed by atoms with Gasteiger partial charge in [-0.25, -0.2) is 16.8 Å². The summed E-state index contributed by atoms with van der Waals surface area (Å²) in [5.74, 6) is -1.74. The van der Waals surface area contributed by atoms with Gasteiger partial charge in [-0.15, -0.1) is 11.8 Å². The van der Waals surface area contributed by atoms with Crippen LogP contribution in [0.5, 0.6) is 0 Å². The van der Waals surface area contributed by atoms with Crippen molar-refractivity contribution < 1.29 is 106 Å². The van der Waals surface area contributed by atoms with Gasteiger partial charge in [0.25, 0.3) is 10.1 Å². The average molecular weight is 1460 g/mol. The third-order valence-electron chi connectivity index (χ3n) is 14.8. The molecule has 8 rings (SSSR count). The number of hydrogen-bond acceptors (Lipinski definition) is 24. The van der Waals surface area contributed by atoms with Gasteiger partial charge < -0.3 is 52.8 Å². The number of aliphatic hydroxyl groups excluding tert-OH is 1. The summed E-state index contributed by atoms with van der Waals surface area (Å²) in [6, 6.07) is 6.68. The number of carbonyl (C=O) groups is 5. The molecule has 0 atom stereocenters. The molecule has 7 saturated heterocycles. The number of Topliss-reactive ketones (excluding diaryl/α,β-unsaturated/α-hetero) is 1. The van der Waals surface area contributed by atoms with Crippen molar-refractivity contribution >= 4 is 82.1 Å². The predicted octanol–water partition coefficient (Wildman–Crippen LogP) is 11.9. The molecule has 0 aromatic heterocycles. The number of ketones is 1. The van der Waals surface area contributed by atoms with Crippen LogP contribution in [-0.4, -0.2) is 217 Å².